The van der Waals surface area contributed by atoms with Crippen LogP contribution in [-0.4, -0.2) is 42.6 Å². The maximum Gasteiger partial charge on any atom is 0.157 e. The molecule has 1 aliphatic rings. The number of nitrogens with zero attached hydrogens (tertiary/aromatic N) is 6. The second-order valence-corrected chi connectivity index (χ2v) is 9.81. The summed E-state index contributed by atoms with van der Waals surface area (Å²) in [6, 6.07) is 4.07. The standard InChI is InChI=1S/C23H33N7/c1-15(2)22-25-12-16(13-26-22)14-29-8-6-17(7-9-29)18-10-20(24)30-21(27-18)11-19(28-30)23(3,4)5/h10-13,15,17H,6-9,14,24H2,1-5H3. The van der Waals surface area contributed by atoms with Crippen molar-refractivity contribution in [2.24, 2.45) is 0 Å². The lowest BCUT2D eigenvalue weighted by atomic mass is 9.92. The third-order valence-electron chi connectivity index (χ3n) is 5.90. The number of nitrogens with two attached hydrogens (primary N) is 1. The second kappa shape index (κ2) is 7.95. The molecule has 0 bridgehead atoms. The minimum Gasteiger partial charge on any atom is -0.384 e. The molecule has 0 spiro atoms. The van der Waals surface area contributed by atoms with Gasteiger partial charge in [-0.05, 0) is 25.9 Å². The van der Waals surface area contributed by atoms with E-state index in [9.17, 15) is 0 Å². The van der Waals surface area contributed by atoms with Crippen molar-refractivity contribution in [3.8, 4) is 0 Å². The van der Waals surface area contributed by atoms with Crippen LogP contribution in [0.15, 0.2) is 24.5 Å². The Hall–Kier alpha value is -2.54. The largest absolute Gasteiger partial charge is 0.384 e. The summed E-state index contributed by atoms with van der Waals surface area (Å²) in [5, 5.41) is 4.65. The average molecular weight is 408 g/mol. The third kappa shape index (κ3) is 4.31. The molecule has 4 rings (SSSR count). The molecule has 0 aromatic carbocycles. The Kier molecular flexibility index (Phi) is 5.49. The molecule has 160 valence electrons. The van der Waals surface area contributed by atoms with Crippen molar-refractivity contribution < 1.29 is 0 Å². The van der Waals surface area contributed by atoms with Crippen molar-refractivity contribution in [2.75, 3.05) is 18.8 Å². The van der Waals surface area contributed by atoms with Crippen molar-refractivity contribution in [2.45, 2.75) is 71.3 Å². The van der Waals surface area contributed by atoms with Crippen molar-refractivity contribution in [3.63, 3.8) is 0 Å². The van der Waals surface area contributed by atoms with Gasteiger partial charge in [-0.2, -0.15) is 9.61 Å². The van der Waals surface area contributed by atoms with Gasteiger partial charge < -0.3 is 5.73 Å². The highest BCUT2D eigenvalue weighted by molar-refractivity contribution is 5.49. The zero-order valence-electron chi connectivity index (χ0n) is 18.8. The molecular weight excluding hydrogens is 374 g/mol. The van der Waals surface area contributed by atoms with Crippen molar-refractivity contribution in [3.05, 3.63) is 47.3 Å². The van der Waals surface area contributed by atoms with E-state index in [4.69, 9.17) is 10.7 Å². The molecule has 7 heteroatoms. The topological polar surface area (TPSA) is 85.2 Å². The second-order valence-electron chi connectivity index (χ2n) is 9.81. The number of likely N-dealkylation sites (tertiary alicyclic amines) is 1. The fourth-order valence-electron chi connectivity index (χ4n) is 3.98. The first kappa shape index (κ1) is 20.7. The minimum absolute atomic E-state index is 0.0251. The quantitative estimate of drug-likeness (QED) is 0.706. The summed E-state index contributed by atoms with van der Waals surface area (Å²) in [5.41, 5.74) is 10.4. The number of anilines is 1. The van der Waals surface area contributed by atoms with Crippen LogP contribution >= 0.6 is 0 Å². The van der Waals surface area contributed by atoms with E-state index in [2.05, 4.69) is 60.7 Å². The van der Waals surface area contributed by atoms with Crippen LogP contribution in [0.5, 0.6) is 0 Å². The lowest BCUT2D eigenvalue weighted by molar-refractivity contribution is 0.203. The van der Waals surface area contributed by atoms with Gasteiger partial charge in [0.05, 0.1) is 5.69 Å². The van der Waals surface area contributed by atoms with Gasteiger partial charge in [0.1, 0.15) is 11.6 Å². The SMILES string of the molecule is CC(C)c1ncc(CN2CCC(c3cc(N)n4nc(C(C)(C)C)cc4n3)CC2)cn1. The summed E-state index contributed by atoms with van der Waals surface area (Å²) >= 11 is 0. The number of nitrogen functional groups attached to an aromatic ring is 1. The molecule has 7 nitrogen and oxygen atoms in total. The Morgan fingerprint density at radius 1 is 1.10 bits per heavy atom. The summed E-state index contributed by atoms with van der Waals surface area (Å²) in [6.07, 6.45) is 6.09. The predicted molar refractivity (Wildman–Crippen MR) is 119 cm³/mol. The summed E-state index contributed by atoms with van der Waals surface area (Å²) in [6.45, 7) is 13.7. The van der Waals surface area contributed by atoms with Crippen molar-refractivity contribution >= 4 is 11.5 Å². The molecule has 0 saturated carbocycles. The molecule has 3 aromatic rings. The van der Waals surface area contributed by atoms with E-state index < -0.39 is 0 Å². The van der Waals surface area contributed by atoms with Gasteiger partial charge in [0, 0.05) is 59.6 Å². The zero-order chi connectivity index (χ0) is 21.5. The highest BCUT2D eigenvalue weighted by atomic mass is 15.3. The van der Waals surface area contributed by atoms with Crippen LogP contribution in [0.25, 0.3) is 5.65 Å². The Labute approximate surface area is 178 Å². The van der Waals surface area contributed by atoms with Gasteiger partial charge in [-0.25, -0.2) is 15.0 Å². The normalized spacial score (nSPS) is 16.6. The Balaban J connectivity index is 1.43. The Morgan fingerprint density at radius 2 is 1.77 bits per heavy atom. The van der Waals surface area contributed by atoms with Crippen LogP contribution < -0.4 is 5.73 Å². The Morgan fingerprint density at radius 3 is 2.37 bits per heavy atom. The maximum atomic E-state index is 6.32. The number of aromatic nitrogens is 5. The van der Waals surface area contributed by atoms with E-state index in [0.29, 0.717) is 17.7 Å². The number of piperidine rings is 1. The molecule has 0 amide bonds. The number of hydrogen-bond acceptors (Lipinski definition) is 6. The van der Waals surface area contributed by atoms with E-state index in [0.717, 1.165) is 55.3 Å². The van der Waals surface area contributed by atoms with Crippen molar-refractivity contribution in [1.29, 1.82) is 0 Å². The molecule has 3 aromatic heterocycles. The molecule has 30 heavy (non-hydrogen) atoms. The zero-order valence-corrected chi connectivity index (χ0v) is 18.8. The van der Waals surface area contributed by atoms with Gasteiger partial charge in [-0.3, -0.25) is 4.90 Å². The van der Waals surface area contributed by atoms with Crippen LogP contribution in [0, 0.1) is 0 Å². The molecule has 2 N–H and O–H groups in total. The molecule has 1 saturated heterocycles. The number of hydrogen-bond donors (Lipinski definition) is 1. The summed E-state index contributed by atoms with van der Waals surface area (Å²) in [7, 11) is 0. The molecule has 0 aliphatic carbocycles. The van der Waals surface area contributed by atoms with E-state index in [1.54, 1.807) is 4.52 Å². The maximum absolute atomic E-state index is 6.32. The first-order valence-electron chi connectivity index (χ1n) is 10.9. The third-order valence-corrected chi connectivity index (χ3v) is 5.90. The smallest absolute Gasteiger partial charge is 0.157 e. The van der Waals surface area contributed by atoms with E-state index in [-0.39, 0.29) is 5.41 Å². The molecule has 0 unspecified atom stereocenters. The number of fused-ring (bicyclic) bond motifs is 1. The Bertz CT molecular complexity index is 1010. The van der Waals surface area contributed by atoms with E-state index in [1.807, 2.05) is 18.5 Å². The molecule has 4 heterocycles. The molecule has 0 atom stereocenters. The van der Waals surface area contributed by atoms with Gasteiger partial charge in [0.15, 0.2) is 5.65 Å². The van der Waals surface area contributed by atoms with Crippen LogP contribution in [0.2, 0.25) is 0 Å². The average Bonchev–Trinajstić information content (AvgIpc) is 3.14. The lowest BCUT2D eigenvalue weighted by Crippen LogP contribution is -2.32. The number of rotatable bonds is 4. The van der Waals surface area contributed by atoms with E-state index >= 15 is 0 Å². The van der Waals surface area contributed by atoms with E-state index in [1.165, 1.54) is 5.56 Å². The summed E-state index contributed by atoms with van der Waals surface area (Å²) < 4.78 is 1.76. The first-order valence-corrected chi connectivity index (χ1v) is 10.9. The lowest BCUT2D eigenvalue weighted by Gasteiger charge is -2.31. The fourth-order valence-corrected chi connectivity index (χ4v) is 3.98. The molecule has 1 aliphatic heterocycles. The van der Waals surface area contributed by atoms with Crippen LogP contribution in [0.3, 0.4) is 0 Å². The van der Waals surface area contributed by atoms with Gasteiger partial charge in [0.2, 0.25) is 0 Å². The molecular formula is C23H33N7. The predicted octanol–water partition coefficient (Wildman–Crippen LogP) is 3.90. The van der Waals surface area contributed by atoms with Crippen molar-refractivity contribution in [1.82, 2.24) is 29.5 Å². The van der Waals surface area contributed by atoms with Crippen LogP contribution in [0.1, 0.15) is 82.1 Å². The monoisotopic (exact) mass is 407 g/mol. The summed E-state index contributed by atoms with van der Waals surface area (Å²) in [5.74, 6) is 2.37. The van der Waals surface area contributed by atoms with Crippen LogP contribution in [-0.2, 0) is 12.0 Å². The van der Waals surface area contributed by atoms with Gasteiger partial charge >= 0.3 is 0 Å². The van der Waals surface area contributed by atoms with Gasteiger partial charge in [0.25, 0.3) is 0 Å². The highest BCUT2D eigenvalue weighted by Crippen LogP contribution is 2.30. The minimum atomic E-state index is -0.0251. The van der Waals surface area contributed by atoms with Crippen LogP contribution in [0.4, 0.5) is 5.82 Å². The highest BCUT2D eigenvalue weighted by Gasteiger charge is 2.24. The molecule has 1 fully saturated rings. The first-order chi connectivity index (χ1) is 14.2. The summed E-state index contributed by atoms with van der Waals surface area (Å²) in [4.78, 5) is 16.4. The fraction of sp³-hybridized carbons (Fsp3) is 0.565. The molecule has 0 radical (unpaired) electrons. The van der Waals surface area contributed by atoms with Gasteiger partial charge in [-0.15, -0.1) is 0 Å². The van der Waals surface area contributed by atoms with Gasteiger partial charge in [-0.1, -0.05) is 34.6 Å².